The van der Waals surface area contributed by atoms with Crippen LogP contribution < -0.4 is 0 Å². The van der Waals surface area contributed by atoms with E-state index in [1.807, 2.05) is 0 Å². The SMILES string of the molecule is COC1CC(c2cn3cc(Br)ccc3n2)N(OC(=O)C(F)(F)F)C1. The largest absolute Gasteiger partial charge is 0.492 e. The highest BCUT2D eigenvalue weighted by Crippen LogP contribution is 2.34. The molecule has 2 aromatic rings. The quantitative estimate of drug-likeness (QED) is 0.782. The van der Waals surface area contributed by atoms with Gasteiger partial charge in [-0.05, 0) is 34.5 Å². The van der Waals surface area contributed by atoms with Crippen molar-refractivity contribution in [3.05, 3.63) is 34.7 Å². The van der Waals surface area contributed by atoms with Crippen molar-refractivity contribution in [1.82, 2.24) is 14.4 Å². The molecule has 130 valence electrons. The molecule has 24 heavy (non-hydrogen) atoms. The highest BCUT2D eigenvalue weighted by atomic mass is 79.9. The maximum atomic E-state index is 12.5. The molecule has 10 heteroatoms. The number of ether oxygens (including phenoxy) is 1. The Bertz CT molecular complexity index is 765. The molecular formula is C14H13BrF3N3O3. The molecule has 0 aliphatic carbocycles. The lowest BCUT2D eigenvalue weighted by atomic mass is 10.1. The predicted molar refractivity (Wildman–Crippen MR) is 79.9 cm³/mol. The molecule has 1 aliphatic rings. The van der Waals surface area contributed by atoms with Gasteiger partial charge in [-0.15, -0.1) is 5.06 Å². The first kappa shape index (κ1) is 17.2. The van der Waals surface area contributed by atoms with Crippen LogP contribution in [0.15, 0.2) is 29.0 Å². The molecule has 1 fully saturated rings. The minimum Gasteiger partial charge on any atom is -0.380 e. The number of hydrogen-bond donors (Lipinski definition) is 0. The third-order valence-electron chi connectivity index (χ3n) is 3.76. The number of rotatable bonds is 3. The topological polar surface area (TPSA) is 56.1 Å². The standard InChI is InChI=1S/C14H13BrF3N3O3/c1-23-9-4-11(21(6-9)24-13(22)14(16,17)18)10-7-20-5-8(15)2-3-12(20)19-10/h2-3,5,7,9,11H,4,6H2,1H3. The Hall–Kier alpha value is -1.65. The minimum absolute atomic E-state index is 0.0422. The molecule has 1 aliphatic heterocycles. The fourth-order valence-corrected chi connectivity index (χ4v) is 2.96. The van der Waals surface area contributed by atoms with Gasteiger partial charge in [0.2, 0.25) is 0 Å². The first-order chi connectivity index (χ1) is 11.3. The highest BCUT2D eigenvalue weighted by molar-refractivity contribution is 9.10. The number of carbonyl (C=O) groups is 1. The van der Waals surface area contributed by atoms with Gasteiger partial charge in [-0.3, -0.25) is 0 Å². The molecule has 3 rings (SSSR count). The van der Waals surface area contributed by atoms with Crippen LogP contribution in [0.2, 0.25) is 0 Å². The van der Waals surface area contributed by atoms with Crippen molar-refractivity contribution in [2.75, 3.05) is 13.7 Å². The highest BCUT2D eigenvalue weighted by Gasteiger charge is 2.46. The van der Waals surface area contributed by atoms with E-state index >= 15 is 0 Å². The summed E-state index contributed by atoms with van der Waals surface area (Å²) in [7, 11) is 1.46. The van der Waals surface area contributed by atoms with Crippen molar-refractivity contribution in [2.45, 2.75) is 24.7 Å². The van der Waals surface area contributed by atoms with Gasteiger partial charge >= 0.3 is 12.1 Å². The fraction of sp³-hybridized carbons (Fsp3) is 0.429. The maximum absolute atomic E-state index is 12.5. The summed E-state index contributed by atoms with van der Waals surface area (Å²) >= 11 is 3.34. The normalized spacial score (nSPS) is 22.2. The van der Waals surface area contributed by atoms with Gasteiger partial charge in [-0.2, -0.15) is 13.2 Å². The summed E-state index contributed by atoms with van der Waals surface area (Å²) < 4.78 is 45.2. The van der Waals surface area contributed by atoms with Crippen LogP contribution in [-0.2, 0) is 14.4 Å². The van der Waals surface area contributed by atoms with Crippen LogP contribution in [0.5, 0.6) is 0 Å². The third-order valence-corrected chi connectivity index (χ3v) is 4.23. The Kier molecular flexibility index (Phi) is 4.54. The molecule has 1 saturated heterocycles. The van der Waals surface area contributed by atoms with E-state index < -0.39 is 18.2 Å². The average Bonchev–Trinajstić information content (AvgIpc) is 3.09. The summed E-state index contributed by atoms with van der Waals surface area (Å²) in [6, 6.07) is 2.96. The Morgan fingerprint density at radius 3 is 2.79 bits per heavy atom. The molecule has 0 amide bonds. The van der Waals surface area contributed by atoms with Gasteiger partial charge in [0.05, 0.1) is 24.4 Å². The number of aromatic nitrogens is 2. The van der Waals surface area contributed by atoms with Crippen LogP contribution in [0.1, 0.15) is 18.2 Å². The molecule has 3 heterocycles. The average molecular weight is 408 g/mol. The Balaban J connectivity index is 1.88. The second kappa shape index (κ2) is 6.34. The first-order valence-corrected chi connectivity index (χ1v) is 7.80. The summed E-state index contributed by atoms with van der Waals surface area (Å²) in [5.41, 5.74) is 1.14. The number of pyridine rings is 1. The van der Waals surface area contributed by atoms with Gasteiger partial charge in [0.15, 0.2) is 0 Å². The molecule has 0 spiro atoms. The zero-order chi connectivity index (χ0) is 17.5. The molecule has 0 bridgehead atoms. The molecule has 0 N–H and O–H groups in total. The van der Waals surface area contributed by atoms with Crippen molar-refractivity contribution in [1.29, 1.82) is 0 Å². The first-order valence-electron chi connectivity index (χ1n) is 7.00. The smallest absolute Gasteiger partial charge is 0.380 e. The number of fused-ring (bicyclic) bond motifs is 1. The number of halogens is 4. The van der Waals surface area contributed by atoms with Crippen molar-refractivity contribution >= 4 is 27.5 Å². The number of imidazole rings is 1. The third kappa shape index (κ3) is 3.40. The molecule has 0 radical (unpaired) electrons. The van der Waals surface area contributed by atoms with E-state index in [-0.39, 0.29) is 12.6 Å². The van der Waals surface area contributed by atoms with Crippen LogP contribution in [0.3, 0.4) is 0 Å². The lowest BCUT2D eigenvalue weighted by Gasteiger charge is -2.21. The summed E-state index contributed by atoms with van der Waals surface area (Å²) in [6.07, 6.45) is -1.57. The van der Waals surface area contributed by atoms with Crippen LogP contribution in [0.4, 0.5) is 13.2 Å². The monoisotopic (exact) mass is 407 g/mol. The van der Waals surface area contributed by atoms with Gasteiger partial charge < -0.3 is 14.0 Å². The molecule has 6 nitrogen and oxygen atoms in total. The molecular weight excluding hydrogens is 395 g/mol. The van der Waals surface area contributed by atoms with E-state index in [0.29, 0.717) is 17.8 Å². The van der Waals surface area contributed by atoms with Gasteiger partial charge in [0.1, 0.15) is 5.65 Å². The van der Waals surface area contributed by atoms with Crippen molar-refractivity contribution in [2.24, 2.45) is 0 Å². The number of alkyl halides is 3. The number of nitrogens with zero attached hydrogens (tertiary/aromatic N) is 3. The molecule has 0 aromatic carbocycles. The summed E-state index contributed by atoms with van der Waals surface area (Å²) in [6.45, 7) is 0.0422. The van der Waals surface area contributed by atoms with Crippen LogP contribution in [-0.4, -0.2) is 46.4 Å². The van der Waals surface area contributed by atoms with E-state index in [1.54, 1.807) is 28.9 Å². The van der Waals surface area contributed by atoms with Crippen molar-refractivity contribution in [3.63, 3.8) is 0 Å². The van der Waals surface area contributed by atoms with E-state index in [1.165, 1.54) is 7.11 Å². The second-order valence-corrected chi connectivity index (χ2v) is 6.28. The predicted octanol–water partition coefficient (Wildman–Crippen LogP) is 2.88. The Morgan fingerprint density at radius 2 is 2.12 bits per heavy atom. The lowest BCUT2D eigenvalue weighted by molar-refractivity contribution is -0.243. The molecule has 0 saturated carbocycles. The number of methoxy groups -OCH3 is 1. The van der Waals surface area contributed by atoms with Gasteiger partial charge in [0, 0.05) is 24.0 Å². The zero-order valence-corrected chi connectivity index (χ0v) is 14.0. The summed E-state index contributed by atoms with van der Waals surface area (Å²) in [4.78, 5) is 20.1. The Morgan fingerprint density at radius 1 is 1.38 bits per heavy atom. The molecule has 2 unspecified atom stereocenters. The summed E-state index contributed by atoms with van der Waals surface area (Å²) in [5.74, 6) is -2.25. The zero-order valence-electron chi connectivity index (χ0n) is 12.5. The number of carbonyl (C=O) groups excluding carboxylic acids is 1. The van der Waals surface area contributed by atoms with Crippen LogP contribution >= 0.6 is 15.9 Å². The summed E-state index contributed by atoms with van der Waals surface area (Å²) in [5, 5.41) is 0.987. The number of hydroxylamine groups is 2. The van der Waals surface area contributed by atoms with Crippen LogP contribution in [0.25, 0.3) is 5.65 Å². The van der Waals surface area contributed by atoms with E-state index in [9.17, 15) is 18.0 Å². The van der Waals surface area contributed by atoms with E-state index in [2.05, 4.69) is 25.8 Å². The Labute approximate surface area is 143 Å². The van der Waals surface area contributed by atoms with Crippen molar-refractivity contribution in [3.8, 4) is 0 Å². The van der Waals surface area contributed by atoms with E-state index in [4.69, 9.17) is 4.74 Å². The fourth-order valence-electron chi connectivity index (χ4n) is 2.61. The molecule has 2 aromatic heterocycles. The maximum Gasteiger partial charge on any atom is 0.492 e. The van der Waals surface area contributed by atoms with Crippen LogP contribution in [0, 0.1) is 0 Å². The van der Waals surface area contributed by atoms with E-state index in [0.717, 1.165) is 9.54 Å². The van der Waals surface area contributed by atoms with Gasteiger partial charge in [-0.25, -0.2) is 9.78 Å². The van der Waals surface area contributed by atoms with Gasteiger partial charge in [0.25, 0.3) is 0 Å². The lowest BCUT2D eigenvalue weighted by Crippen LogP contribution is -2.35. The number of hydrogen-bond acceptors (Lipinski definition) is 5. The minimum atomic E-state index is -5.06. The van der Waals surface area contributed by atoms with Crippen molar-refractivity contribution < 1.29 is 27.5 Å². The molecule has 2 atom stereocenters. The van der Waals surface area contributed by atoms with Gasteiger partial charge in [-0.1, -0.05) is 0 Å². The second-order valence-electron chi connectivity index (χ2n) is 5.36.